The molecule has 8 heteroatoms. The lowest BCUT2D eigenvalue weighted by atomic mass is 9.92. The van der Waals surface area contributed by atoms with Crippen molar-refractivity contribution < 1.29 is 10.3 Å². The molecule has 0 bridgehead atoms. The van der Waals surface area contributed by atoms with Crippen LogP contribution in [0.15, 0.2) is 84.3 Å². The van der Waals surface area contributed by atoms with Crippen LogP contribution in [0.4, 0.5) is 5.82 Å². The summed E-state index contributed by atoms with van der Waals surface area (Å²) in [6.45, 7) is 2.97. The van der Waals surface area contributed by atoms with E-state index >= 15 is 0 Å². The minimum atomic E-state index is -1.06. The third kappa shape index (κ3) is 4.37. The Morgan fingerprint density at radius 3 is 2.41 bits per heavy atom. The molecule has 2 aromatic heterocycles. The molecule has 174 valence electrons. The first-order chi connectivity index (χ1) is 16.7. The highest BCUT2D eigenvalue weighted by Gasteiger charge is 2.35. The van der Waals surface area contributed by atoms with Crippen molar-refractivity contribution in [3.63, 3.8) is 0 Å². The van der Waals surface area contributed by atoms with Gasteiger partial charge in [-0.15, -0.1) is 0 Å². The van der Waals surface area contributed by atoms with Crippen molar-refractivity contribution in [2.75, 3.05) is 31.1 Å². The first kappa shape index (κ1) is 22.4. The van der Waals surface area contributed by atoms with Gasteiger partial charge in [-0.3, -0.25) is 4.90 Å². The van der Waals surface area contributed by atoms with Gasteiger partial charge in [0, 0.05) is 60.1 Å². The van der Waals surface area contributed by atoms with Gasteiger partial charge in [-0.05, 0) is 35.9 Å². The number of benzene rings is 2. The maximum Gasteiger partial charge on any atom is 0.128 e. The molecule has 1 saturated heterocycles. The summed E-state index contributed by atoms with van der Waals surface area (Å²) in [6, 6.07) is 20.7. The Labute approximate surface area is 202 Å². The van der Waals surface area contributed by atoms with Gasteiger partial charge in [-0.1, -0.05) is 53.2 Å². The monoisotopic (exact) mass is 475 g/mol. The van der Waals surface area contributed by atoms with Gasteiger partial charge in [0.1, 0.15) is 17.6 Å². The summed E-state index contributed by atoms with van der Waals surface area (Å²) < 4.78 is 0. The second kappa shape index (κ2) is 9.85. The number of nitrogens with one attached hydrogen (secondary N) is 1. The van der Waals surface area contributed by atoms with Gasteiger partial charge in [-0.2, -0.15) is 0 Å². The molecule has 0 unspecified atom stereocenters. The predicted molar refractivity (Wildman–Crippen MR) is 135 cm³/mol. The van der Waals surface area contributed by atoms with Crippen molar-refractivity contribution in [1.82, 2.24) is 14.9 Å². The largest absolute Gasteiger partial charge is 0.411 e. The number of halogens is 1. The molecule has 0 radical (unpaired) electrons. The number of oxime groups is 1. The lowest BCUT2D eigenvalue weighted by Crippen LogP contribution is -2.51. The molecule has 1 aliphatic rings. The lowest BCUT2D eigenvalue weighted by Gasteiger charge is -2.41. The second-order valence-corrected chi connectivity index (χ2v) is 8.82. The molecule has 3 heterocycles. The summed E-state index contributed by atoms with van der Waals surface area (Å²) >= 11 is 6.15. The summed E-state index contributed by atoms with van der Waals surface area (Å²) in [5.41, 5.74) is 2.73. The van der Waals surface area contributed by atoms with Crippen molar-refractivity contribution in [3.05, 3.63) is 95.3 Å². The highest BCUT2D eigenvalue weighted by molar-refractivity contribution is 6.30. The van der Waals surface area contributed by atoms with Crippen molar-refractivity contribution in [2.45, 2.75) is 12.1 Å². The third-order valence-electron chi connectivity index (χ3n) is 6.44. The van der Waals surface area contributed by atoms with Gasteiger partial charge >= 0.3 is 0 Å². The smallest absolute Gasteiger partial charge is 0.128 e. The number of hydrogen-bond donors (Lipinski definition) is 3. The van der Waals surface area contributed by atoms with E-state index in [1.165, 1.54) is 0 Å². The minimum Gasteiger partial charge on any atom is -0.411 e. The van der Waals surface area contributed by atoms with Crippen LogP contribution in [0.2, 0.25) is 5.02 Å². The Hall–Kier alpha value is -3.39. The number of aliphatic hydroxyl groups excluding tert-OH is 1. The number of aromatic amines is 1. The van der Waals surface area contributed by atoms with E-state index in [-0.39, 0.29) is 5.71 Å². The summed E-state index contributed by atoms with van der Waals surface area (Å²) in [7, 11) is 0. The molecule has 0 amide bonds. The zero-order chi connectivity index (χ0) is 23.5. The van der Waals surface area contributed by atoms with Crippen molar-refractivity contribution in [1.29, 1.82) is 0 Å². The van der Waals surface area contributed by atoms with Crippen LogP contribution < -0.4 is 4.90 Å². The van der Waals surface area contributed by atoms with Crippen LogP contribution in [0.1, 0.15) is 17.2 Å². The Kier molecular flexibility index (Phi) is 6.49. The fraction of sp³-hybridized carbons (Fsp3) is 0.231. The zero-order valence-electron chi connectivity index (χ0n) is 18.5. The first-order valence-electron chi connectivity index (χ1n) is 11.3. The third-order valence-corrected chi connectivity index (χ3v) is 6.70. The Bertz CT molecular complexity index is 1270. The molecule has 1 aliphatic heterocycles. The SMILES string of the molecule is O/N=C(/c1c[nH]c2ccccc12)[C@@H](O)[C@H](c1ccc(Cl)cc1)N1CCN(c2ccccn2)CC1. The van der Waals surface area contributed by atoms with Crippen LogP contribution in [0.25, 0.3) is 10.9 Å². The molecule has 0 spiro atoms. The predicted octanol–water partition coefficient (Wildman–Crippen LogP) is 4.32. The standard InChI is InChI=1S/C26H26ClN5O2/c27-19-10-8-18(9-11-19)25(32-15-13-31(14-16-32)23-7-3-4-12-28-23)26(33)24(30-34)21-17-29-22-6-2-1-5-20(21)22/h1-12,17,25-26,29,33-34H,13-16H2/b30-24-/t25-,26+/m0/s1. The molecule has 5 rings (SSSR count). The summed E-state index contributed by atoms with van der Waals surface area (Å²) in [6.07, 6.45) is 2.51. The highest BCUT2D eigenvalue weighted by Crippen LogP contribution is 2.31. The van der Waals surface area contributed by atoms with Crippen molar-refractivity contribution >= 4 is 34.0 Å². The van der Waals surface area contributed by atoms with Crippen LogP contribution in [0.5, 0.6) is 0 Å². The van der Waals surface area contributed by atoms with Crippen LogP contribution in [0, 0.1) is 0 Å². The zero-order valence-corrected chi connectivity index (χ0v) is 19.3. The number of aliphatic hydroxyl groups is 1. The molecular formula is C26H26ClN5O2. The number of anilines is 1. The second-order valence-electron chi connectivity index (χ2n) is 8.39. The fourth-order valence-corrected chi connectivity index (χ4v) is 4.85. The molecular weight excluding hydrogens is 450 g/mol. The van der Waals surface area contributed by atoms with Crippen LogP contribution >= 0.6 is 11.6 Å². The molecule has 34 heavy (non-hydrogen) atoms. The van der Waals surface area contributed by atoms with Gasteiger partial charge in [0.15, 0.2) is 0 Å². The maximum atomic E-state index is 11.7. The molecule has 7 nitrogen and oxygen atoms in total. The van der Waals surface area contributed by atoms with Crippen LogP contribution in [-0.4, -0.2) is 63.2 Å². The highest BCUT2D eigenvalue weighted by atomic mass is 35.5. The van der Waals surface area contributed by atoms with E-state index in [4.69, 9.17) is 11.6 Å². The molecule has 4 aromatic rings. The topological polar surface area (TPSA) is 88.0 Å². The van der Waals surface area contributed by atoms with Crippen molar-refractivity contribution in [2.24, 2.45) is 5.16 Å². The van der Waals surface area contributed by atoms with E-state index in [9.17, 15) is 10.3 Å². The Morgan fingerprint density at radius 1 is 0.971 bits per heavy atom. The number of H-pyrrole nitrogens is 1. The number of pyridine rings is 1. The number of hydrogen-bond acceptors (Lipinski definition) is 6. The molecule has 2 atom stereocenters. The van der Waals surface area contributed by atoms with Crippen molar-refractivity contribution in [3.8, 4) is 0 Å². The number of nitrogens with zero attached hydrogens (tertiary/aromatic N) is 4. The molecule has 2 aromatic carbocycles. The number of para-hydroxylation sites is 1. The van der Waals surface area contributed by atoms with Crippen LogP contribution in [-0.2, 0) is 0 Å². The van der Waals surface area contributed by atoms with Gasteiger partial charge < -0.3 is 20.2 Å². The molecule has 1 fully saturated rings. The quantitative estimate of drug-likeness (QED) is 0.219. The maximum absolute atomic E-state index is 11.7. The normalized spacial score (nSPS) is 17.1. The van der Waals surface area contributed by atoms with E-state index in [0.717, 1.165) is 35.4 Å². The fourth-order valence-electron chi connectivity index (χ4n) is 4.73. The average Bonchev–Trinajstić information content (AvgIpc) is 3.31. The van der Waals surface area contributed by atoms with E-state index < -0.39 is 12.1 Å². The van der Waals surface area contributed by atoms with Gasteiger partial charge in [0.2, 0.25) is 0 Å². The Morgan fingerprint density at radius 2 is 1.71 bits per heavy atom. The van der Waals surface area contributed by atoms with E-state index in [0.29, 0.717) is 23.7 Å². The summed E-state index contributed by atoms with van der Waals surface area (Å²) in [5.74, 6) is 0.946. The van der Waals surface area contributed by atoms with E-state index in [1.54, 1.807) is 12.4 Å². The lowest BCUT2D eigenvalue weighted by molar-refractivity contribution is 0.0826. The molecule has 3 N–H and O–H groups in total. The number of rotatable bonds is 6. The summed E-state index contributed by atoms with van der Waals surface area (Å²) in [5, 5.41) is 26.8. The van der Waals surface area contributed by atoms with E-state index in [1.807, 2.05) is 66.7 Å². The van der Waals surface area contributed by atoms with Crippen LogP contribution in [0.3, 0.4) is 0 Å². The summed E-state index contributed by atoms with van der Waals surface area (Å²) in [4.78, 5) is 12.1. The Balaban J connectivity index is 1.46. The number of aromatic nitrogens is 2. The van der Waals surface area contributed by atoms with Gasteiger partial charge in [-0.25, -0.2) is 4.98 Å². The molecule has 0 saturated carbocycles. The first-order valence-corrected chi connectivity index (χ1v) is 11.7. The number of fused-ring (bicyclic) bond motifs is 1. The molecule has 0 aliphatic carbocycles. The number of piperazine rings is 1. The average molecular weight is 476 g/mol. The van der Waals surface area contributed by atoms with E-state index in [2.05, 4.69) is 24.9 Å². The van der Waals surface area contributed by atoms with Gasteiger partial charge in [0.25, 0.3) is 0 Å². The minimum absolute atomic E-state index is 0.226. The van der Waals surface area contributed by atoms with Gasteiger partial charge in [0.05, 0.1) is 6.04 Å².